The van der Waals surface area contributed by atoms with E-state index in [4.69, 9.17) is 15.5 Å². The zero-order valence-electron chi connectivity index (χ0n) is 17.6. The second-order valence-electron chi connectivity index (χ2n) is 8.82. The summed E-state index contributed by atoms with van der Waals surface area (Å²) in [4.78, 5) is 7.38. The van der Waals surface area contributed by atoms with E-state index >= 15 is 0 Å². The lowest BCUT2D eigenvalue weighted by atomic mass is 9.96. The van der Waals surface area contributed by atoms with Crippen LogP contribution in [0.4, 0.5) is 0 Å². The first-order valence-corrected chi connectivity index (χ1v) is 11.0. The van der Waals surface area contributed by atoms with Crippen LogP contribution >= 0.6 is 0 Å². The van der Waals surface area contributed by atoms with Gasteiger partial charge >= 0.3 is 0 Å². The maximum absolute atomic E-state index is 6.12. The number of fused-ring (bicyclic) bond motifs is 2. The molecular formula is C24H26N6O. The molecule has 2 N–H and O–H groups in total. The number of pyridine rings is 2. The van der Waals surface area contributed by atoms with E-state index in [9.17, 15) is 0 Å². The predicted octanol–water partition coefficient (Wildman–Crippen LogP) is 3.15. The van der Waals surface area contributed by atoms with Crippen LogP contribution < -0.4 is 5.73 Å². The molecule has 0 amide bonds. The van der Waals surface area contributed by atoms with Crippen LogP contribution in [0, 0.1) is 0 Å². The van der Waals surface area contributed by atoms with Crippen LogP contribution in [0.5, 0.6) is 0 Å². The fraction of sp³-hybridized carbons (Fsp3) is 0.375. The molecule has 4 aromatic rings. The summed E-state index contributed by atoms with van der Waals surface area (Å²) in [5.74, 6) is 1.24. The summed E-state index contributed by atoms with van der Waals surface area (Å²) in [5.41, 5.74) is 11.3. The van der Waals surface area contributed by atoms with Crippen molar-refractivity contribution in [2.75, 3.05) is 26.3 Å². The van der Waals surface area contributed by atoms with Crippen molar-refractivity contribution in [3.8, 4) is 11.5 Å². The fourth-order valence-electron chi connectivity index (χ4n) is 4.65. The van der Waals surface area contributed by atoms with E-state index in [-0.39, 0.29) is 6.04 Å². The van der Waals surface area contributed by atoms with E-state index < -0.39 is 0 Å². The number of aromatic nitrogens is 4. The molecule has 7 heteroatoms. The van der Waals surface area contributed by atoms with E-state index in [1.807, 2.05) is 12.1 Å². The normalized spacial score (nSPS) is 21.0. The molecule has 31 heavy (non-hydrogen) atoms. The molecular weight excluding hydrogens is 388 g/mol. The highest BCUT2D eigenvalue weighted by atomic mass is 16.5. The number of hydrogen-bond acceptors (Lipinski definition) is 6. The molecule has 0 spiro atoms. The zero-order chi connectivity index (χ0) is 20.9. The minimum absolute atomic E-state index is 0.273. The molecule has 5 heterocycles. The highest BCUT2D eigenvalue weighted by Crippen LogP contribution is 2.29. The molecule has 158 valence electrons. The van der Waals surface area contributed by atoms with E-state index in [1.54, 1.807) is 0 Å². The number of ether oxygens (including phenoxy) is 1. The molecule has 1 aromatic carbocycles. The summed E-state index contributed by atoms with van der Waals surface area (Å²) in [6.07, 6.45) is 3.20. The number of hydrogen-bond donors (Lipinski definition) is 1. The van der Waals surface area contributed by atoms with Gasteiger partial charge in [0.1, 0.15) is 5.69 Å². The predicted molar refractivity (Wildman–Crippen MR) is 120 cm³/mol. The van der Waals surface area contributed by atoms with Gasteiger partial charge in [0.25, 0.3) is 0 Å². The van der Waals surface area contributed by atoms with Crippen LogP contribution in [-0.2, 0) is 4.74 Å². The summed E-state index contributed by atoms with van der Waals surface area (Å²) in [6, 6.07) is 15.4. The van der Waals surface area contributed by atoms with E-state index in [0.29, 0.717) is 12.0 Å². The third-order valence-corrected chi connectivity index (χ3v) is 6.77. The van der Waals surface area contributed by atoms with Gasteiger partial charge in [-0.1, -0.05) is 24.3 Å². The second-order valence-corrected chi connectivity index (χ2v) is 8.82. The highest BCUT2D eigenvalue weighted by Gasteiger charge is 2.25. The van der Waals surface area contributed by atoms with Crippen molar-refractivity contribution < 1.29 is 4.74 Å². The Kier molecular flexibility index (Phi) is 4.49. The molecule has 7 nitrogen and oxygen atoms in total. The molecule has 2 atom stereocenters. The average molecular weight is 415 g/mol. The number of rotatable bonds is 4. The van der Waals surface area contributed by atoms with Gasteiger partial charge in [-0.3, -0.25) is 9.30 Å². The topological polar surface area (TPSA) is 81.6 Å². The van der Waals surface area contributed by atoms with Crippen LogP contribution in [0.15, 0.2) is 48.7 Å². The molecule has 0 radical (unpaired) electrons. The molecule has 2 fully saturated rings. The van der Waals surface area contributed by atoms with Crippen molar-refractivity contribution in [3.63, 3.8) is 0 Å². The number of nitrogens with two attached hydrogens (primary N) is 1. The quantitative estimate of drug-likeness (QED) is 0.552. The summed E-state index contributed by atoms with van der Waals surface area (Å²) in [5, 5.41) is 9.97. The lowest BCUT2D eigenvalue weighted by Gasteiger charge is -2.26. The summed E-state index contributed by atoms with van der Waals surface area (Å²) >= 11 is 0. The van der Waals surface area contributed by atoms with Crippen molar-refractivity contribution in [2.24, 2.45) is 5.73 Å². The van der Waals surface area contributed by atoms with E-state index in [1.165, 1.54) is 11.1 Å². The first-order chi connectivity index (χ1) is 15.2. The Morgan fingerprint density at radius 2 is 1.97 bits per heavy atom. The first kappa shape index (κ1) is 18.9. The van der Waals surface area contributed by atoms with Gasteiger partial charge in [0.15, 0.2) is 11.5 Å². The molecule has 2 aliphatic heterocycles. The smallest absolute Gasteiger partial charge is 0.187 e. The maximum atomic E-state index is 6.12. The van der Waals surface area contributed by atoms with Crippen molar-refractivity contribution in [3.05, 3.63) is 59.8 Å². The molecule has 0 bridgehead atoms. The average Bonchev–Trinajstić information content (AvgIpc) is 3.37. The Morgan fingerprint density at radius 1 is 1.10 bits per heavy atom. The van der Waals surface area contributed by atoms with Gasteiger partial charge in [0.2, 0.25) is 0 Å². The summed E-state index contributed by atoms with van der Waals surface area (Å²) < 4.78 is 7.41. The first-order valence-electron chi connectivity index (χ1n) is 11.0. The fourth-order valence-corrected chi connectivity index (χ4v) is 4.65. The largest absolute Gasteiger partial charge is 0.380 e. The van der Waals surface area contributed by atoms with Crippen molar-refractivity contribution in [1.29, 1.82) is 0 Å². The van der Waals surface area contributed by atoms with Crippen LogP contribution in [0.25, 0.3) is 28.1 Å². The monoisotopic (exact) mass is 414 g/mol. The summed E-state index contributed by atoms with van der Waals surface area (Å²) in [7, 11) is 0. The van der Waals surface area contributed by atoms with Gasteiger partial charge in [-0.2, -0.15) is 0 Å². The minimum atomic E-state index is 0.273. The number of likely N-dealkylation sites (tertiary alicyclic amines) is 1. The number of nitrogens with zero attached hydrogens (tertiary/aromatic N) is 5. The molecule has 0 unspecified atom stereocenters. The highest BCUT2D eigenvalue weighted by molar-refractivity contribution is 5.81. The lowest BCUT2D eigenvalue weighted by Crippen LogP contribution is -2.28. The molecule has 2 saturated heterocycles. The van der Waals surface area contributed by atoms with Crippen molar-refractivity contribution in [2.45, 2.75) is 31.3 Å². The maximum Gasteiger partial charge on any atom is 0.187 e. The van der Waals surface area contributed by atoms with Crippen LogP contribution in [-0.4, -0.2) is 56.8 Å². The van der Waals surface area contributed by atoms with E-state index in [2.05, 4.69) is 63.0 Å². The second kappa shape index (κ2) is 7.37. The van der Waals surface area contributed by atoms with Crippen LogP contribution in [0.3, 0.4) is 0 Å². The van der Waals surface area contributed by atoms with Crippen LogP contribution in [0.1, 0.15) is 36.4 Å². The standard InChI is InChI=1S/C24H26N6O/c1-15(29-9-8-20(25)12-29)18-5-7-23-27-28-24(30(23)11-18)21-6-4-16-2-3-17(10-22(16)26-21)19-13-31-14-19/h2-7,10-11,15,19-20H,8-9,12-14,25H2,1H3/t15-,20-/m0/s1. The molecule has 3 aromatic heterocycles. The van der Waals surface area contributed by atoms with Crippen LogP contribution in [0.2, 0.25) is 0 Å². The van der Waals surface area contributed by atoms with Gasteiger partial charge < -0.3 is 10.5 Å². The number of benzene rings is 1. The Balaban J connectivity index is 1.38. The Morgan fingerprint density at radius 3 is 2.74 bits per heavy atom. The molecule has 6 rings (SSSR count). The SMILES string of the molecule is C[C@@H](c1ccc2nnc(-c3ccc4ccc(C5COC5)cc4n3)n2c1)N1CC[C@H](N)C1. The lowest BCUT2D eigenvalue weighted by molar-refractivity contribution is 0.00847. The minimum Gasteiger partial charge on any atom is -0.380 e. The van der Waals surface area contributed by atoms with Gasteiger partial charge in [0.05, 0.1) is 18.7 Å². The van der Waals surface area contributed by atoms with Crippen molar-refractivity contribution >= 4 is 16.6 Å². The van der Waals surface area contributed by atoms with Gasteiger partial charge in [0, 0.05) is 42.7 Å². The summed E-state index contributed by atoms with van der Waals surface area (Å²) in [6.45, 7) is 5.81. The van der Waals surface area contributed by atoms with Gasteiger partial charge in [-0.25, -0.2) is 4.98 Å². The van der Waals surface area contributed by atoms with Gasteiger partial charge in [-0.15, -0.1) is 10.2 Å². The molecule has 2 aliphatic rings. The molecule has 0 aliphatic carbocycles. The Hall–Kier alpha value is -2.87. The van der Waals surface area contributed by atoms with E-state index in [0.717, 1.165) is 60.8 Å². The van der Waals surface area contributed by atoms with Crippen molar-refractivity contribution in [1.82, 2.24) is 24.5 Å². The third kappa shape index (κ3) is 3.29. The zero-order valence-corrected chi connectivity index (χ0v) is 17.6. The van der Waals surface area contributed by atoms with Gasteiger partial charge in [-0.05, 0) is 42.7 Å². The Bertz CT molecular complexity index is 1260. The third-order valence-electron chi connectivity index (χ3n) is 6.77. The molecule has 0 saturated carbocycles. The Labute approximate surface area is 180 Å².